The van der Waals surface area contributed by atoms with E-state index in [1.807, 2.05) is 55.5 Å². The minimum absolute atomic E-state index is 0.286. The van der Waals surface area contributed by atoms with Gasteiger partial charge in [-0.05, 0) is 65.9 Å². The maximum absolute atomic E-state index is 13.6. The largest absolute Gasteiger partial charge is 0.497 e. The lowest BCUT2D eigenvalue weighted by Crippen LogP contribution is -2.29. The van der Waals surface area contributed by atoms with Gasteiger partial charge in [-0.2, -0.15) is 0 Å². The third kappa shape index (κ3) is 4.05. The standard InChI is InChI=1S/C29H29N3O3/c1-5-35-28(33)25-26(20-14-16-22(34-4)17-15-20)31-29-30-23-8-6-7-9-24(23)32(29)27(25)21-12-10-19(11-13-21)18(2)3/h6-18,27H,5H2,1-4H3,(H,30,31)/t27-/m1/s1. The third-order valence-electron chi connectivity index (χ3n) is 6.43. The molecule has 0 amide bonds. The quantitative estimate of drug-likeness (QED) is 0.344. The first-order chi connectivity index (χ1) is 17.0. The molecule has 0 bridgehead atoms. The number of ether oxygens (including phenoxy) is 2. The zero-order valence-electron chi connectivity index (χ0n) is 20.4. The molecule has 6 nitrogen and oxygen atoms in total. The molecule has 1 N–H and O–H groups in total. The first-order valence-corrected chi connectivity index (χ1v) is 11.9. The second kappa shape index (κ2) is 9.29. The molecule has 1 aliphatic heterocycles. The summed E-state index contributed by atoms with van der Waals surface area (Å²) in [5.41, 5.74) is 6.14. The van der Waals surface area contributed by atoms with Crippen LogP contribution < -0.4 is 10.1 Å². The molecule has 0 spiro atoms. The van der Waals surface area contributed by atoms with Crippen molar-refractivity contribution in [1.82, 2.24) is 9.55 Å². The van der Waals surface area contributed by atoms with Crippen LogP contribution in [0.5, 0.6) is 5.75 Å². The Bertz CT molecular complexity index is 1400. The smallest absolute Gasteiger partial charge is 0.338 e. The van der Waals surface area contributed by atoms with Gasteiger partial charge in [0.15, 0.2) is 0 Å². The molecule has 0 radical (unpaired) electrons. The van der Waals surface area contributed by atoms with Gasteiger partial charge in [0.25, 0.3) is 0 Å². The molecule has 0 saturated carbocycles. The average molecular weight is 468 g/mol. The van der Waals surface area contributed by atoms with Crippen LogP contribution in [0.4, 0.5) is 5.95 Å². The number of aromatic nitrogens is 2. The van der Waals surface area contributed by atoms with E-state index in [0.29, 0.717) is 23.1 Å². The van der Waals surface area contributed by atoms with E-state index in [-0.39, 0.29) is 12.6 Å². The number of fused-ring (bicyclic) bond motifs is 3. The molecule has 1 aromatic heterocycles. The first kappa shape index (κ1) is 22.7. The highest BCUT2D eigenvalue weighted by Crippen LogP contribution is 2.42. The van der Waals surface area contributed by atoms with Crippen LogP contribution in [-0.4, -0.2) is 29.2 Å². The lowest BCUT2D eigenvalue weighted by atomic mass is 9.91. The summed E-state index contributed by atoms with van der Waals surface area (Å²) in [6.45, 7) is 6.46. The molecule has 1 aliphatic rings. The van der Waals surface area contributed by atoms with Crippen LogP contribution in [0.2, 0.25) is 0 Å². The third-order valence-corrected chi connectivity index (χ3v) is 6.43. The summed E-state index contributed by atoms with van der Waals surface area (Å²) in [5, 5.41) is 3.45. The molecule has 3 aromatic carbocycles. The summed E-state index contributed by atoms with van der Waals surface area (Å²) in [6.07, 6.45) is 0. The second-order valence-electron chi connectivity index (χ2n) is 8.88. The number of nitrogens with zero attached hydrogens (tertiary/aromatic N) is 2. The summed E-state index contributed by atoms with van der Waals surface area (Å²) >= 11 is 0. The predicted molar refractivity (Wildman–Crippen MR) is 139 cm³/mol. The summed E-state index contributed by atoms with van der Waals surface area (Å²) in [4.78, 5) is 18.4. The molecular weight excluding hydrogens is 438 g/mol. The number of anilines is 1. The topological polar surface area (TPSA) is 65.4 Å². The summed E-state index contributed by atoms with van der Waals surface area (Å²) in [5.74, 6) is 1.49. The van der Waals surface area contributed by atoms with Gasteiger partial charge >= 0.3 is 5.97 Å². The fourth-order valence-electron chi connectivity index (χ4n) is 4.63. The van der Waals surface area contributed by atoms with Crippen molar-refractivity contribution < 1.29 is 14.3 Å². The summed E-state index contributed by atoms with van der Waals surface area (Å²) < 4.78 is 13.0. The van der Waals surface area contributed by atoms with Gasteiger partial charge in [0, 0.05) is 0 Å². The maximum atomic E-state index is 13.6. The van der Waals surface area contributed by atoms with Crippen LogP contribution in [0.3, 0.4) is 0 Å². The lowest BCUT2D eigenvalue weighted by Gasteiger charge is -2.31. The van der Waals surface area contributed by atoms with E-state index < -0.39 is 6.04 Å². The maximum Gasteiger partial charge on any atom is 0.338 e. The van der Waals surface area contributed by atoms with E-state index in [2.05, 4.69) is 48.0 Å². The molecule has 1 atom stereocenters. The van der Waals surface area contributed by atoms with E-state index in [0.717, 1.165) is 27.9 Å². The number of carbonyl (C=O) groups excluding carboxylic acids is 1. The zero-order chi connectivity index (χ0) is 24.5. The Morgan fingerprint density at radius 1 is 1.03 bits per heavy atom. The Labute approximate surface area is 205 Å². The Balaban J connectivity index is 1.78. The Morgan fingerprint density at radius 2 is 1.74 bits per heavy atom. The first-order valence-electron chi connectivity index (χ1n) is 11.9. The van der Waals surface area contributed by atoms with Gasteiger partial charge in [-0.25, -0.2) is 9.78 Å². The van der Waals surface area contributed by atoms with Gasteiger partial charge in [-0.1, -0.05) is 50.2 Å². The van der Waals surface area contributed by atoms with Crippen LogP contribution in [0.25, 0.3) is 16.7 Å². The van der Waals surface area contributed by atoms with Crippen molar-refractivity contribution in [3.05, 3.63) is 95.1 Å². The van der Waals surface area contributed by atoms with Gasteiger partial charge < -0.3 is 14.8 Å². The van der Waals surface area contributed by atoms with E-state index in [1.54, 1.807) is 7.11 Å². The van der Waals surface area contributed by atoms with Gasteiger partial charge in [0.05, 0.1) is 42.1 Å². The number of hydrogen-bond donors (Lipinski definition) is 1. The summed E-state index contributed by atoms with van der Waals surface area (Å²) in [6, 6.07) is 23.7. The highest BCUT2D eigenvalue weighted by atomic mass is 16.5. The summed E-state index contributed by atoms with van der Waals surface area (Å²) in [7, 11) is 1.64. The fraction of sp³-hybridized carbons (Fsp3) is 0.241. The molecule has 178 valence electrons. The number of rotatable bonds is 6. The van der Waals surface area contributed by atoms with Crippen LogP contribution >= 0.6 is 0 Å². The van der Waals surface area contributed by atoms with Gasteiger partial charge in [0.2, 0.25) is 5.95 Å². The lowest BCUT2D eigenvalue weighted by molar-refractivity contribution is -0.138. The van der Waals surface area contributed by atoms with Crippen molar-refractivity contribution in [2.45, 2.75) is 32.7 Å². The number of esters is 1. The molecule has 35 heavy (non-hydrogen) atoms. The Kier molecular flexibility index (Phi) is 6.03. The number of benzene rings is 3. The number of hydrogen-bond acceptors (Lipinski definition) is 5. The SMILES string of the molecule is CCOC(=O)C1=C(c2ccc(OC)cc2)Nc2nc3ccccc3n2[C@@H]1c1ccc(C(C)C)cc1. The number of para-hydroxylation sites is 2. The molecule has 6 heteroatoms. The number of nitrogens with one attached hydrogen (secondary N) is 1. The van der Waals surface area contributed by atoms with E-state index in [4.69, 9.17) is 14.5 Å². The molecule has 0 saturated heterocycles. The van der Waals surface area contributed by atoms with Crippen LogP contribution in [0.1, 0.15) is 49.4 Å². The van der Waals surface area contributed by atoms with Crippen molar-refractivity contribution in [1.29, 1.82) is 0 Å². The van der Waals surface area contributed by atoms with Crippen LogP contribution in [0, 0.1) is 0 Å². The Morgan fingerprint density at radius 3 is 2.40 bits per heavy atom. The number of methoxy groups -OCH3 is 1. The molecule has 0 fully saturated rings. The molecule has 2 heterocycles. The zero-order valence-corrected chi connectivity index (χ0v) is 20.4. The minimum atomic E-state index is -0.406. The van der Waals surface area contributed by atoms with Crippen molar-refractivity contribution >= 4 is 28.6 Å². The molecule has 0 aliphatic carbocycles. The molecular formula is C29H29N3O3. The van der Waals surface area contributed by atoms with Crippen molar-refractivity contribution in [2.24, 2.45) is 0 Å². The highest BCUT2D eigenvalue weighted by Gasteiger charge is 2.36. The van der Waals surface area contributed by atoms with E-state index in [9.17, 15) is 4.79 Å². The van der Waals surface area contributed by atoms with Crippen molar-refractivity contribution in [3.8, 4) is 5.75 Å². The van der Waals surface area contributed by atoms with E-state index >= 15 is 0 Å². The van der Waals surface area contributed by atoms with Crippen molar-refractivity contribution in [3.63, 3.8) is 0 Å². The molecule has 5 rings (SSSR count). The molecule has 4 aromatic rings. The van der Waals surface area contributed by atoms with E-state index in [1.165, 1.54) is 5.56 Å². The van der Waals surface area contributed by atoms with Gasteiger partial charge in [-0.15, -0.1) is 0 Å². The Hall–Kier alpha value is -4.06. The minimum Gasteiger partial charge on any atom is -0.497 e. The predicted octanol–water partition coefficient (Wildman–Crippen LogP) is 6.16. The number of imidazole rings is 1. The van der Waals surface area contributed by atoms with Crippen LogP contribution in [0.15, 0.2) is 78.4 Å². The monoisotopic (exact) mass is 467 g/mol. The highest BCUT2D eigenvalue weighted by molar-refractivity contribution is 6.03. The van der Waals surface area contributed by atoms with Crippen LogP contribution in [-0.2, 0) is 9.53 Å². The second-order valence-corrected chi connectivity index (χ2v) is 8.88. The van der Waals surface area contributed by atoms with Crippen molar-refractivity contribution in [2.75, 3.05) is 19.0 Å². The van der Waals surface area contributed by atoms with Gasteiger partial charge in [0.1, 0.15) is 5.75 Å². The molecule has 0 unspecified atom stereocenters. The fourth-order valence-corrected chi connectivity index (χ4v) is 4.63. The van der Waals surface area contributed by atoms with Gasteiger partial charge in [-0.3, -0.25) is 4.57 Å². The number of carbonyl (C=O) groups is 1. The average Bonchev–Trinajstić information content (AvgIpc) is 3.26. The normalized spacial score (nSPS) is 15.2.